The van der Waals surface area contributed by atoms with E-state index in [4.69, 9.17) is 33.6 Å². The molecule has 1 fully saturated rings. The number of fused-ring (bicyclic) bond motifs is 1. The van der Waals surface area contributed by atoms with Crippen molar-refractivity contribution >= 4 is 60.0 Å². The average molecular weight is 674 g/mol. The van der Waals surface area contributed by atoms with Crippen LogP contribution >= 0.6 is 23.2 Å². The molecule has 2 heterocycles. The number of nitrogens with zero attached hydrogens (tertiary/aromatic N) is 2. The number of hydrogen-bond donors (Lipinski definition) is 7. The highest BCUT2D eigenvalue weighted by Gasteiger charge is 2.43. The maximum absolute atomic E-state index is 15.1. The quantitative estimate of drug-likeness (QED) is 0.114. The first kappa shape index (κ1) is 33.5. The Bertz CT molecular complexity index is 1600. The standard InChI is InChI=1S/C25H24BCl2F2N5O10/c27-10-6-9-7-13(26(44)45-20(9)15(17(10)30)24(41)42)32-21(38)18(14-11(29)8-12(36)19(37)16(14)28)33-25(43)35-5-4-34(3-1-2-31)22(39)23(35)40/h6,8,13,18,36-37,44H,1-5,7,31H2,(H,32,38)(H,33,43)(H,41,42). The molecular weight excluding hydrogens is 650 g/mol. The van der Waals surface area contributed by atoms with Crippen molar-refractivity contribution in [3.63, 3.8) is 0 Å². The molecule has 2 aromatic rings. The number of piperazine rings is 1. The molecule has 0 aliphatic carbocycles. The third-order valence-electron chi connectivity index (χ3n) is 7.03. The molecule has 0 spiro atoms. The van der Waals surface area contributed by atoms with Crippen molar-refractivity contribution in [3.05, 3.63) is 50.5 Å². The minimum Gasteiger partial charge on any atom is -0.534 e. The van der Waals surface area contributed by atoms with Gasteiger partial charge in [0.25, 0.3) is 0 Å². The summed E-state index contributed by atoms with van der Waals surface area (Å²) in [6.07, 6.45) is -0.0203. The summed E-state index contributed by atoms with van der Waals surface area (Å²) in [5, 5.41) is 42.7. The topological polar surface area (TPSA) is 232 Å². The lowest BCUT2D eigenvalue weighted by Gasteiger charge is -2.34. The number of carbonyl (C=O) groups excluding carboxylic acids is 4. The van der Waals surface area contributed by atoms with Gasteiger partial charge in [-0.1, -0.05) is 23.2 Å². The molecule has 0 aromatic heterocycles. The van der Waals surface area contributed by atoms with Gasteiger partial charge in [0.2, 0.25) is 5.91 Å². The largest absolute Gasteiger partial charge is 0.547 e. The van der Waals surface area contributed by atoms with Crippen molar-refractivity contribution in [1.29, 1.82) is 0 Å². The number of rotatable bonds is 8. The van der Waals surface area contributed by atoms with Crippen molar-refractivity contribution in [2.24, 2.45) is 5.73 Å². The van der Waals surface area contributed by atoms with Gasteiger partial charge in [0.05, 0.1) is 16.0 Å². The van der Waals surface area contributed by atoms with E-state index in [9.17, 15) is 48.7 Å². The molecule has 8 N–H and O–H groups in total. The SMILES string of the molecule is NCCCN1CCN(C(=O)NC(C(=O)NC2Cc3cc(Cl)c(F)c(C(=O)O)c3OB2O)c2c(F)cc(O)c(O)c2Cl)C(=O)C1=O. The van der Waals surface area contributed by atoms with Crippen LogP contribution in [0.15, 0.2) is 12.1 Å². The van der Waals surface area contributed by atoms with Crippen LogP contribution in [0.3, 0.4) is 0 Å². The van der Waals surface area contributed by atoms with Crippen molar-refractivity contribution in [1.82, 2.24) is 20.4 Å². The van der Waals surface area contributed by atoms with E-state index >= 15 is 4.39 Å². The Balaban J connectivity index is 1.64. The Morgan fingerprint density at radius 2 is 1.84 bits per heavy atom. The van der Waals surface area contributed by atoms with Crippen LogP contribution in [0.4, 0.5) is 13.6 Å². The van der Waals surface area contributed by atoms with Gasteiger partial charge < -0.3 is 46.3 Å². The van der Waals surface area contributed by atoms with Crippen LogP contribution in [0.5, 0.6) is 17.2 Å². The van der Waals surface area contributed by atoms with Gasteiger partial charge in [-0.2, -0.15) is 0 Å². The van der Waals surface area contributed by atoms with Gasteiger partial charge in [-0.3, -0.25) is 19.3 Å². The lowest BCUT2D eigenvalue weighted by atomic mass is 9.72. The van der Waals surface area contributed by atoms with Crippen molar-refractivity contribution in [2.45, 2.75) is 24.8 Å². The number of benzene rings is 2. The molecule has 240 valence electrons. The summed E-state index contributed by atoms with van der Waals surface area (Å²) in [6.45, 7) is -0.00432. The summed E-state index contributed by atoms with van der Waals surface area (Å²) in [6, 6.07) is -2.11. The van der Waals surface area contributed by atoms with Gasteiger partial charge in [0.1, 0.15) is 23.2 Å². The van der Waals surface area contributed by atoms with E-state index in [-0.39, 0.29) is 31.7 Å². The zero-order valence-corrected chi connectivity index (χ0v) is 24.4. The molecule has 0 radical (unpaired) electrons. The molecule has 2 aromatic carbocycles. The molecule has 2 unspecified atom stereocenters. The first-order valence-electron chi connectivity index (χ1n) is 13.1. The van der Waals surface area contributed by atoms with E-state index in [1.165, 1.54) is 4.90 Å². The summed E-state index contributed by atoms with van der Waals surface area (Å²) < 4.78 is 34.7. The number of nitrogens with two attached hydrogens (primary N) is 1. The predicted octanol–water partition coefficient (Wildman–Crippen LogP) is 0.291. The number of hydrogen-bond acceptors (Lipinski definition) is 10. The van der Waals surface area contributed by atoms with Gasteiger partial charge >= 0.3 is 30.9 Å². The molecule has 5 amide bonds. The number of carboxylic acid groups (broad SMARTS) is 1. The highest BCUT2D eigenvalue weighted by Crippen LogP contribution is 2.41. The zero-order valence-electron chi connectivity index (χ0n) is 22.9. The highest BCUT2D eigenvalue weighted by molar-refractivity contribution is 6.47. The van der Waals surface area contributed by atoms with Crippen LogP contribution in [-0.4, -0.2) is 99.1 Å². The molecule has 0 saturated carbocycles. The van der Waals surface area contributed by atoms with Gasteiger partial charge in [-0.15, -0.1) is 0 Å². The van der Waals surface area contributed by atoms with E-state index in [0.29, 0.717) is 17.4 Å². The molecule has 2 aliphatic rings. The van der Waals surface area contributed by atoms with Crippen molar-refractivity contribution in [3.8, 4) is 17.2 Å². The van der Waals surface area contributed by atoms with Crippen molar-refractivity contribution in [2.75, 3.05) is 26.2 Å². The number of imide groups is 1. The molecular formula is C25H24BCl2F2N5O10. The van der Waals surface area contributed by atoms with Crippen LogP contribution in [-0.2, 0) is 20.8 Å². The fraction of sp³-hybridized carbons (Fsp3) is 0.320. The number of carboxylic acids is 1. The first-order chi connectivity index (χ1) is 21.2. The number of phenols is 2. The fourth-order valence-corrected chi connectivity index (χ4v) is 5.30. The van der Waals surface area contributed by atoms with Crippen molar-refractivity contribution < 1.29 is 57.8 Å². The summed E-state index contributed by atoms with van der Waals surface area (Å²) in [5.74, 6) is -12.1. The first-order valence-corrected chi connectivity index (χ1v) is 13.8. The maximum Gasteiger partial charge on any atom is 0.547 e. The molecule has 2 aliphatic heterocycles. The smallest absolute Gasteiger partial charge is 0.534 e. The van der Waals surface area contributed by atoms with Gasteiger partial charge in [-0.05, 0) is 31.0 Å². The van der Waals surface area contributed by atoms with E-state index in [2.05, 4.69) is 10.6 Å². The molecule has 1 saturated heterocycles. The summed E-state index contributed by atoms with van der Waals surface area (Å²) in [5.41, 5.74) is 3.55. The predicted molar refractivity (Wildman–Crippen MR) is 151 cm³/mol. The van der Waals surface area contributed by atoms with Crippen LogP contribution < -0.4 is 21.0 Å². The second kappa shape index (κ2) is 13.3. The van der Waals surface area contributed by atoms with Crippen LogP contribution in [0, 0.1) is 11.6 Å². The molecule has 45 heavy (non-hydrogen) atoms. The summed E-state index contributed by atoms with van der Waals surface area (Å²) in [4.78, 5) is 65.2. The molecule has 20 heteroatoms. The number of amides is 5. The van der Waals surface area contributed by atoms with E-state index in [1.807, 2.05) is 0 Å². The molecule has 15 nitrogen and oxygen atoms in total. The van der Waals surface area contributed by atoms with Crippen LogP contribution in [0.2, 0.25) is 10.0 Å². The van der Waals surface area contributed by atoms with E-state index in [1.54, 1.807) is 0 Å². The summed E-state index contributed by atoms with van der Waals surface area (Å²) in [7, 11) is -2.01. The number of aromatic hydroxyl groups is 2. The lowest BCUT2D eigenvalue weighted by Crippen LogP contribution is -2.60. The maximum atomic E-state index is 15.1. The van der Waals surface area contributed by atoms with E-state index in [0.717, 1.165) is 6.07 Å². The Hall–Kier alpha value is -4.39. The number of halogens is 4. The Morgan fingerprint density at radius 1 is 1.16 bits per heavy atom. The second-order valence-electron chi connectivity index (χ2n) is 9.90. The number of urea groups is 1. The molecule has 0 bridgehead atoms. The molecule has 4 rings (SSSR count). The zero-order chi connectivity index (χ0) is 33.3. The normalized spacial score (nSPS) is 17.0. The van der Waals surface area contributed by atoms with Gasteiger partial charge in [0, 0.05) is 31.3 Å². The van der Waals surface area contributed by atoms with Crippen LogP contribution in [0.1, 0.15) is 33.9 Å². The molecule has 2 atom stereocenters. The monoisotopic (exact) mass is 673 g/mol. The number of phenolic OH excluding ortho intramolecular Hbond substituents is 2. The third-order valence-corrected chi connectivity index (χ3v) is 7.68. The van der Waals surface area contributed by atoms with E-state index < -0.39 is 105 Å². The third kappa shape index (κ3) is 6.53. The number of carbonyl (C=O) groups is 5. The Kier molecular flexibility index (Phi) is 9.91. The minimum atomic E-state index is -2.17. The highest BCUT2D eigenvalue weighted by atomic mass is 35.5. The van der Waals surface area contributed by atoms with Crippen LogP contribution in [0.25, 0.3) is 0 Å². The average Bonchev–Trinajstić information content (AvgIpc) is 2.97. The number of aromatic carboxylic acids is 1. The number of nitrogens with one attached hydrogen (secondary N) is 2. The summed E-state index contributed by atoms with van der Waals surface area (Å²) >= 11 is 11.8. The minimum absolute atomic E-state index is 0.0434. The van der Waals surface area contributed by atoms with Gasteiger partial charge in [0.15, 0.2) is 17.3 Å². The Morgan fingerprint density at radius 3 is 2.49 bits per heavy atom. The Labute approximate surface area is 262 Å². The lowest BCUT2D eigenvalue weighted by molar-refractivity contribution is -0.153. The van der Waals surface area contributed by atoms with Gasteiger partial charge in [-0.25, -0.2) is 18.4 Å². The fourth-order valence-electron chi connectivity index (χ4n) is 4.78. The second-order valence-corrected chi connectivity index (χ2v) is 10.7.